The van der Waals surface area contributed by atoms with Gasteiger partial charge in [-0.05, 0) is 30.3 Å². The number of rotatable bonds is 0. The highest BCUT2D eigenvalue weighted by molar-refractivity contribution is 6.17. The molecule has 0 aliphatic carbocycles. The highest BCUT2D eigenvalue weighted by atomic mass is 15.1. The Morgan fingerprint density at radius 3 is 1.66 bits per heavy atom. The third kappa shape index (κ3) is 3.49. The molecule has 1 fully saturated rings. The molecule has 2 aromatic carbocycles. The Kier molecular flexibility index (Phi) is 5.07. The summed E-state index contributed by atoms with van der Waals surface area (Å²) in [4.78, 5) is 35.2. The molecule has 2 aromatic heterocycles. The molecular weight excluding hydrogens is 508 g/mol. The van der Waals surface area contributed by atoms with Crippen LogP contribution in [-0.2, 0) is 0 Å². The van der Waals surface area contributed by atoms with Gasteiger partial charge in [-0.2, -0.15) is 0 Å². The number of fused-ring (bicyclic) bond motifs is 12. The second kappa shape index (κ2) is 8.12. The summed E-state index contributed by atoms with van der Waals surface area (Å²) in [5.41, 5.74) is 2.40. The number of benzene rings is 2. The van der Waals surface area contributed by atoms with E-state index in [1.807, 2.05) is 48.5 Å². The largest absolute Gasteiger partial charge is 0.346 e. The van der Waals surface area contributed by atoms with Crippen molar-refractivity contribution in [3.63, 3.8) is 0 Å². The Bertz CT molecular complexity index is 1920. The molecule has 0 amide bonds. The first kappa shape index (κ1) is 25.6. The lowest BCUT2D eigenvalue weighted by Crippen LogP contribution is -2.38. The normalized spacial score (nSPS) is 21.3. The van der Waals surface area contributed by atoms with Crippen LogP contribution in [-0.4, -0.2) is 37.3 Å². The van der Waals surface area contributed by atoms with Crippen molar-refractivity contribution in [1.29, 1.82) is 0 Å². The van der Waals surface area contributed by atoms with Gasteiger partial charge >= 0.3 is 0 Å². The molecule has 0 saturated carbocycles. The molecule has 8 bridgehead atoms. The fourth-order valence-corrected chi connectivity index (χ4v) is 5.66. The fraction of sp³-hybridized carbons (Fsp3) is 0.364. The minimum atomic E-state index is -0.357. The van der Waals surface area contributed by atoms with Crippen molar-refractivity contribution >= 4 is 50.8 Å². The predicted octanol–water partition coefficient (Wildman–Crippen LogP) is 7.36. The van der Waals surface area contributed by atoms with E-state index < -0.39 is 0 Å². The summed E-state index contributed by atoms with van der Waals surface area (Å²) in [5, 5.41) is 5.42. The van der Waals surface area contributed by atoms with E-state index in [0.29, 0.717) is 23.3 Å². The third-order valence-electron chi connectivity index (χ3n) is 10.1. The molecule has 1 N–H and O–H groups in total. The number of aliphatic imine (C=N–C) groups is 3. The molecule has 3 aliphatic rings. The average molecular weight is 543 g/mol. The van der Waals surface area contributed by atoms with Crippen molar-refractivity contribution in [1.82, 2.24) is 25.3 Å². The van der Waals surface area contributed by atoms with Gasteiger partial charge in [0, 0.05) is 38.1 Å². The first-order valence-corrected chi connectivity index (χ1v) is 14.1. The second-order valence-corrected chi connectivity index (χ2v) is 13.4. The molecule has 8 nitrogen and oxygen atoms in total. The number of amidine groups is 2. The van der Waals surface area contributed by atoms with E-state index >= 15 is 0 Å². The minimum absolute atomic E-state index is 0.249. The third-order valence-corrected chi connectivity index (χ3v) is 10.1. The van der Waals surface area contributed by atoms with Gasteiger partial charge in [0.05, 0.1) is 16.7 Å². The van der Waals surface area contributed by atoms with E-state index in [1.54, 1.807) is 0 Å². The summed E-state index contributed by atoms with van der Waals surface area (Å²) in [5.74, 6) is 3.54. The van der Waals surface area contributed by atoms with E-state index in [0.717, 1.165) is 44.9 Å². The van der Waals surface area contributed by atoms with Crippen LogP contribution in [0.3, 0.4) is 0 Å². The van der Waals surface area contributed by atoms with Crippen molar-refractivity contribution < 1.29 is 0 Å². The Morgan fingerprint density at radius 1 is 0.537 bits per heavy atom. The summed E-state index contributed by atoms with van der Waals surface area (Å²) in [6.07, 6.45) is 2.21. The number of allylic oxidation sites excluding steroid dienone is 2. The molecule has 1 saturated heterocycles. The summed E-state index contributed by atoms with van der Waals surface area (Å²) >= 11 is 0. The number of hydrogen-bond donors (Lipinski definition) is 1. The van der Waals surface area contributed by atoms with Crippen molar-refractivity contribution in [2.45, 2.75) is 55.4 Å². The van der Waals surface area contributed by atoms with Gasteiger partial charge in [-0.1, -0.05) is 79.7 Å². The van der Waals surface area contributed by atoms with Crippen molar-refractivity contribution in [2.75, 3.05) is 0 Å². The molecular formula is C33H34N8. The fourth-order valence-electron chi connectivity index (χ4n) is 5.66. The first-order chi connectivity index (χ1) is 19.3. The Labute approximate surface area is 239 Å². The Balaban J connectivity index is 1.63. The van der Waals surface area contributed by atoms with Gasteiger partial charge in [0.15, 0.2) is 23.3 Å². The van der Waals surface area contributed by atoms with Crippen LogP contribution in [0.4, 0.5) is 11.6 Å². The smallest absolute Gasteiger partial charge is 0.200 e. The van der Waals surface area contributed by atoms with Crippen molar-refractivity contribution in [2.24, 2.45) is 36.6 Å². The van der Waals surface area contributed by atoms with E-state index in [9.17, 15) is 0 Å². The maximum Gasteiger partial charge on any atom is 0.200 e. The molecule has 4 aromatic rings. The summed E-state index contributed by atoms with van der Waals surface area (Å²) in [7, 11) is 0. The van der Waals surface area contributed by atoms with Gasteiger partial charge < -0.3 is 5.32 Å². The van der Waals surface area contributed by atoms with Crippen LogP contribution >= 0.6 is 0 Å². The summed E-state index contributed by atoms with van der Waals surface area (Å²) < 4.78 is 0. The Hall–Kier alpha value is -4.33. The molecule has 0 spiro atoms. The summed E-state index contributed by atoms with van der Waals surface area (Å²) in [6.45, 7) is 17.9. The molecule has 8 heteroatoms. The van der Waals surface area contributed by atoms with Gasteiger partial charge in [0.2, 0.25) is 0 Å². The van der Waals surface area contributed by atoms with Gasteiger partial charge in [-0.3, -0.25) is 0 Å². The zero-order valence-corrected chi connectivity index (χ0v) is 24.8. The van der Waals surface area contributed by atoms with Crippen molar-refractivity contribution in [3.8, 4) is 11.6 Å². The van der Waals surface area contributed by atoms with Gasteiger partial charge in [0.25, 0.3) is 0 Å². The van der Waals surface area contributed by atoms with E-state index in [2.05, 4.69) is 66.8 Å². The lowest BCUT2D eigenvalue weighted by Gasteiger charge is -2.36. The number of nitrogens with zero attached hydrogens (tertiary/aromatic N) is 7. The zero-order valence-electron chi connectivity index (χ0n) is 24.8. The van der Waals surface area contributed by atoms with E-state index in [-0.39, 0.29) is 21.7 Å². The maximum atomic E-state index is 5.20. The van der Waals surface area contributed by atoms with Crippen LogP contribution in [0.2, 0.25) is 0 Å². The van der Waals surface area contributed by atoms with Crippen molar-refractivity contribution in [3.05, 3.63) is 60.3 Å². The lowest BCUT2D eigenvalue weighted by atomic mass is 9.65. The topological polar surface area (TPSA) is 101 Å². The monoisotopic (exact) mass is 542 g/mol. The number of nitrogens with one attached hydrogen (secondary N) is 1. The first-order valence-electron chi connectivity index (χ1n) is 14.1. The average Bonchev–Trinajstić information content (AvgIpc) is 3.20. The van der Waals surface area contributed by atoms with Crippen LogP contribution in [0.25, 0.3) is 33.5 Å². The maximum absolute atomic E-state index is 5.20. The van der Waals surface area contributed by atoms with Crippen LogP contribution < -0.4 is 5.32 Å². The molecule has 206 valence electrons. The number of para-hydroxylation sites is 2. The quantitative estimate of drug-likeness (QED) is 0.250. The molecule has 0 radical (unpaired) electrons. The molecule has 7 rings (SSSR count). The Morgan fingerprint density at radius 2 is 1.07 bits per heavy atom. The SMILES string of the molecule is CC1(C)C2=CC3=NC(=Nc4nc(nc5ccccc45)-c4nc(c5ccccc5n4)N=C(N2)C1(C)C)C(C)(C)C3(C)C. The van der Waals surface area contributed by atoms with E-state index in [1.165, 1.54) is 0 Å². The zero-order chi connectivity index (χ0) is 28.9. The van der Waals surface area contributed by atoms with Crippen LogP contribution in [0, 0.1) is 21.7 Å². The predicted molar refractivity (Wildman–Crippen MR) is 166 cm³/mol. The summed E-state index contributed by atoms with van der Waals surface area (Å²) in [6, 6.07) is 15.9. The number of aromatic nitrogens is 4. The van der Waals surface area contributed by atoms with Crippen LogP contribution in [0.15, 0.2) is 75.3 Å². The van der Waals surface area contributed by atoms with Crippen LogP contribution in [0.5, 0.6) is 0 Å². The molecule has 0 unspecified atom stereocenters. The minimum Gasteiger partial charge on any atom is -0.346 e. The van der Waals surface area contributed by atoms with E-state index in [4.69, 9.17) is 34.9 Å². The van der Waals surface area contributed by atoms with Crippen LogP contribution in [0.1, 0.15) is 55.4 Å². The van der Waals surface area contributed by atoms with Gasteiger partial charge in [-0.15, -0.1) is 0 Å². The molecule has 41 heavy (non-hydrogen) atoms. The number of hydrogen-bond acceptors (Lipinski definition) is 8. The highest BCUT2D eigenvalue weighted by Crippen LogP contribution is 2.52. The second-order valence-electron chi connectivity index (χ2n) is 13.4. The lowest BCUT2D eigenvalue weighted by molar-refractivity contribution is 0.261. The molecule has 5 heterocycles. The van der Waals surface area contributed by atoms with Gasteiger partial charge in [-0.25, -0.2) is 34.9 Å². The standard InChI is InChI=1S/C33H34N8/c1-30(2)22-17-23-31(3,4)33(7,8)29(37-23)41-25-19-14-10-12-16-21(19)35-27(39-25)26-34-20-15-11-9-13-18(20)24(38-26)40-28(36-22)32(30,5)6/h9-17H,1-8H3,(H,34,36,38,40). The highest BCUT2D eigenvalue weighted by Gasteiger charge is 2.53. The molecule has 0 atom stereocenters. The molecule has 3 aliphatic heterocycles. The van der Waals surface area contributed by atoms with Gasteiger partial charge in [0.1, 0.15) is 11.7 Å².